The van der Waals surface area contributed by atoms with E-state index in [-0.39, 0.29) is 12.6 Å². The van der Waals surface area contributed by atoms with Gasteiger partial charge in [-0.05, 0) is 24.8 Å². The minimum atomic E-state index is 0.0928. The smallest absolute Gasteiger partial charge is 0.230 e. The molecule has 0 radical (unpaired) electrons. The lowest BCUT2D eigenvalue weighted by Gasteiger charge is -2.20. The molecule has 1 aliphatic carbocycles. The molecule has 0 spiro atoms. The molecule has 0 bridgehead atoms. The zero-order chi connectivity index (χ0) is 14.5. The van der Waals surface area contributed by atoms with E-state index in [0.29, 0.717) is 24.8 Å². The van der Waals surface area contributed by atoms with E-state index in [9.17, 15) is 5.11 Å². The highest BCUT2D eigenvalue weighted by atomic mass is 16.4. The predicted molar refractivity (Wildman–Crippen MR) is 78.6 cm³/mol. The molecule has 0 saturated heterocycles. The number of aliphatic hydroxyl groups is 1. The average Bonchev–Trinajstić information content (AvgIpc) is 2.91. The van der Waals surface area contributed by atoms with E-state index in [2.05, 4.69) is 27.6 Å². The average molecular weight is 287 g/mol. The van der Waals surface area contributed by atoms with Crippen molar-refractivity contribution in [3.05, 3.63) is 47.7 Å². The van der Waals surface area contributed by atoms with Gasteiger partial charge in [0.2, 0.25) is 11.8 Å². The summed E-state index contributed by atoms with van der Waals surface area (Å²) in [5.41, 5.74) is 1.16. The molecule has 1 saturated carbocycles. The second kappa shape index (κ2) is 6.83. The Labute approximate surface area is 124 Å². The molecule has 5 nitrogen and oxygen atoms in total. The normalized spacial score (nSPS) is 16.6. The van der Waals surface area contributed by atoms with Gasteiger partial charge in [0.05, 0.1) is 6.54 Å². The Balaban J connectivity index is 1.60. The van der Waals surface area contributed by atoms with Gasteiger partial charge in [0.15, 0.2) is 0 Å². The third-order valence-corrected chi connectivity index (χ3v) is 4.06. The van der Waals surface area contributed by atoms with Gasteiger partial charge in [-0.1, -0.05) is 36.8 Å². The summed E-state index contributed by atoms with van der Waals surface area (Å²) in [5.74, 6) is 1.86. The van der Waals surface area contributed by atoms with Gasteiger partial charge in [-0.3, -0.25) is 0 Å². The maximum atomic E-state index is 9.22. The lowest BCUT2D eigenvalue weighted by atomic mass is 9.85. The molecule has 112 valence electrons. The van der Waals surface area contributed by atoms with Gasteiger partial charge in [0, 0.05) is 18.6 Å². The van der Waals surface area contributed by atoms with Gasteiger partial charge in [-0.15, -0.1) is 10.2 Å². The molecule has 1 aromatic carbocycles. The predicted octanol–water partition coefficient (Wildman–Crippen LogP) is 2.55. The van der Waals surface area contributed by atoms with Gasteiger partial charge in [0.25, 0.3) is 0 Å². The number of benzene rings is 1. The van der Waals surface area contributed by atoms with E-state index in [1.807, 2.05) is 18.2 Å². The van der Waals surface area contributed by atoms with Crippen LogP contribution in [0.2, 0.25) is 0 Å². The van der Waals surface area contributed by atoms with Crippen molar-refractivity contribution in [3.8, 4) is 0 Å². The first-order valence-electron chi connectivity index (χ1n) is 7.58. The van der Waals surface area contributed by atoms with Crippen molar-refractivity contribution in [3.63, 3.8) is 0 Å². The van der Waals surface area contributed by atoms with Crippen LogP contribution in [0, 0.1) is 0 Å². The summed E-state index contributed by atoms with van der Waals surface area (Å²) in [6.07, 6.45) is 4.24. The van der Waals surface area contributed by atoms with Crippen LogP contribution in [0.3, 0.4) is 0 Å². The van der Waals surface area contributed by atoms with E-state index in [1.165, 1.54) is 6.42 Å². The summed E-state index contributed by atoms with van der Waals surface area (Å²) in [4.78, 5) is 0. The second-order valence-corrected chi connectivity index (χ2v) is 5.52. The fourth-order valence-corrected chi connectivity index (χ4v) is 2.57. The molecule has 2 aromatic rings. The van der Waals surface area contributed by atoms with Crippen LogP contribution in [0.4, 0.5) is 0 Å². The Morgan fingerprint density at radius 3 is 2.71 bits per heavy atom. The highest BCUT2D eigenvalue weighted by Gasteiger charge is 2.25. The molecule has 5 heteroatoms. The van der Waals surface area contributed by atoms with Crippen molar-refractivity contribution in [2.45, 2.75) is 44.2 Å². The number of rotatable bonds is 7. The minimum Gasteiger partial charge on any atom is -0.424 e. The highest BCUT2D eigenvalue weighted by molar-refractivity contribution is 5.18. The Kier molecular flexibility index (Phi) is 4.62. The summed E-state index contributed by atoms with van der Waals surface area (Å²) in [6.45, 7) is 0.670. The molecule has 1 atom stereocenters. The summed E-state index contributed by atoms with van der Waals surface area (Å²) >= 11 is 0. The van der Waals surface area contributed by atoms with E-state index in [4.69, 9.17) is 4.42 Å². The Bertz CT molecular complexity index is 552. The fraction of sp³-hybridized carbons (Fsp3) is 0.500. The molecule has 1 unspecified atom stereocenters. The first kappa shape index (κ1) is 14.2. The Hall–Kier alpha value is -1.72. The SMILES string of the molecule is OCCC(NCc1nnc(C2CCC2)o1)c1ccccc1. The Morgan fingerprint density at radius 2 is 2.05 bits per heavy atom. The summed E-state index contributed by atoms with van der Waals surface area (Å²) in [6, 6.07) is 10.2. The fourth-order valence-electron chi connectivity index (χ4n) is 2.57. The molecular weight excluding hydrogens is 266 g/mol. The molecule has 1 aromatic heterocycles. The number of nitrogens with one attached hydrogen (secondary N) is 1. The van der Waals surface area contributed by atoms with Crippen molar-refractivity contribution in [1.82, 2.24) is 15.5 Å². The van der Waals surface area contributed by atoms with Gasteiger partial charge >= 0.3 is 0 Å². The third kappa shape index (κ3) is 3.49. The van der Waals surface area contributed by atoms with Crippen molar-refractivity contribution in [2.75, 3.05) is 6.61 Å². The van der Waals surface area contributed by atoms with Gasteiger partial charge < -0.3 is 14.8 Å². The van der Waals surface area contributed by atoms with Gasteiger partial charge in [-0.2, -0.15) is 0 Å². The number of hydrogen-bond donors (Lipinski definition) is 2. The molecular formula is C16H21N3O2. The molecule has 21 heavy (non-hydrogen) atoms. The third-order valence-electron chi connectivity index (χ3n) is 4.06. The first-order chi connectivity index (χ1) is 10.4. The van der Waals surface area contributed by atoms with E-state index in [1.54, 1.807) is 0 Å². The number of nitrogens with zero attached hydrogens (tertiary/aromatic N) is 2. The van der Waals surface area contributed by atoms with Gasteiger partial charge in [-0.25, -0.2) is 0 Å². The molecule has 1 fully saturated rings. The summed E-state index contributed by atoms with van der Waals surface area (Å²) in [7, 11) is 0. The highest BCUT2D eigenvalue weighted by Crippen LogP contribution is 2.35. The molecule has 2 N–H and O–H groups in total. The minimum absolute atomic E-state index is 0.0928. The molecule has 3 rings (SSSR count). The van der Waals surface area contributed by atoms with Crippen LogP contribution in [0.25, 0.3) is 0 Å². The second-order valence-electron chi connectivity index (χ2n) is 5.52. The molecule has 0 aliphatic heterocycles. The number of aliphatic hydroxyl groups excluding tert-OH is 1. The van der Waals surface area contributed by atoms with Crippen molar-refractivity contribution < 1.29 is 9.52 Å². The molecule has 1 heterocycles. The summed E-state index contributed by atoms with van der Waals surface area (Å²) < 4.78 is 5.70. The van der Waals surface area contributed by atoms with Gasteiger partial charge in [0.1, 0.15) is 0 Å². The van der Waals surface area contributed by atoms with Crippen molar-refractivity contribution >= 4 is 0 Å². The zero-order valence-electron chi connectivity index (χ0n) is 12.0. The van der Waals surface area contributed by atoms with E-state index < -0.39 is 0 Å². The Morgan fingerprint density at radius 1 is 1.24 bits per heavy atom. The number of hydrogen-bond acceptors (Lipinski definition) is 5. The summed E-state index contributed by atoms with van der Waals surface area (Å²) in [5, 5.41) is 20.8. The number of aromatic nitrogens is 2. The van der Waals surface area contributed by atoms with Crippen LogP contribution < -0.4 is 5.32 Å². The first-order valence-corrected chi connectivity index (χ1v) is 7.58. The van der Waals surface area contributed by atoms with Crippen LogP contribution in [0.1, 0.15) is 55.0 Å². The van der Waals surface area contributed by atoms with Crippen LogP contribution in [-0.2, 0) is 6.54 Å². The standard InChI is InChI=1S/C16H21N3O2/c20-10-9-14(12-5-2-1-3-6-12)17-11-15-18-19-16(21-15)13-7-4-8-13/h1-3,5-6,13-14,17,20H,4,7-11H2. The topological polar surface area (TPSA) is 71.2 Å². The van der Waals surface area contributed by atoms with Crippen LogP contribution in [0.15, 0.2) is 34.7 Å². The maximum absolute atomic E-state index is 9.22. The quantitative estimate of drug-likeness (QED) is 0.819. The maximum Gasteiger partial charge on any atom is 0.230 e. The van der Waals surface area contributed by atoms with E-state index in [0.717, 1.165) is 24.3 Å². The zero-order valence-corrected chi connectivity index (χ0v) is 12.0. The molecule has 0 amide bonds. The van der Waals surface area contributed by atoms with Crippen molar-refractivity contribution in [1.29, 1.82) is 0 Å². The van der Waals surface area contributed by atoms with Crippen molar-refractivity contribution in [2.24, 2.45) is 0 Å². The van der Waals surface area contributed by atoms with Crippen LogP contribution in [-0.4, -0.2) is 21.9 Å². The lowest BCUT2D eigenvalue weighted by molar-refractivity contribution is 0.261. The lowest BCUT2D eigenvalue weighted by Crippen LogP contribution is -2.22. The largest absolute Gasteiger partial charge is 0.424 e. The van der Waals surface area contributed by atoms with Crippen LogP contribution >= 0.6 is 0 Å². The monoisotopic (exact) mass is 287 g/mol. The van der Waals surface area contributed by atoms with Crippen LogP contribution in [0.5, 0.6) is 0 Å². The molecule has 1 aliphatic rings. The van der Waals surface area contributed by atoms with E-state index >= 15 is 0 Å².